The van der Waals surface area contributed by atoms with Crippen LogP contribution >= 0.6 is 11.6 Å². The number of nitrogens with zero attached hydrogens (tertiary/aromatic N) is 5. The van der Waals surface area contributed by atoms with E-state index in [1.165, 1.54) is 10.7 Å². The second-order valence-corrected chi connectivity index (χ2v) is 7.42. The van der Waals surface area contributed by atoms with Gasteiger partial charge >= 0.3 is 0 Å². The minimum absolute atomic E-state index is 0.136. The third-order valence-corrected chi connectivity index (χ3v) is 5.55. The highest BCUT2D eigenvalue weighted by Crippen LogP contribution is 2.25. The molecule has 2 aromatic carbocycles. The fraction of sp³-hybridized carbons (Fsp3) is 0.238. The number of hydrogen-bond acceptors (Lipinski definition) is 6. The predicted octanol–water partition coefficient (Wildman–Crippen LogP) is 3.12. The molecule has 0 N–H and O–H groups in total. The first kappa shape index (κ1) is 20.1. The molecule has 1 aromatic heterocycles. The number of hydrogen-bond donors (Lipinski definition) is 0. The molecule has 9 heteroatoms. The largest absolute Gasteiger partial charge is 0.366 e. The van der Waals surface area contributed by atoms with Crippen LogP contribution < -0.4 is 10.5 Å². The van der Waals surface area contributed by atoms with Gasteiger partial charge in [-0.05, 0) is 12.1 Å². The zero-order chi connectivity index (χ0) is 21.1. The van der Waals surface area contributed by atoms with E-state index in [0.29, 0.717) is 49.7 Å². The molecule has 0 atom stereocenters. The average Bonchev–Trinajstić information content (AvgIpc) is 2.77. The van der Waals surface area contributed by atoms with Crippen molar-refractivity contribution >= 4 is 23.0 Å². The van der Waals surface area contributed by atoms with Crippen molar-refractivity contribution in [2.75, 3.05) is 31.1 Å². The van der Waals surface area contributed by atoms with Gasteiger partial charge in [-0.1, -0.05) is 48.0 Å². The van der Waals surface area contributed by atoms with Gasteiger partial charge < -0.3 is 4.90 Å². The zero-order valence-electron chi connectivity index (χ0n) is 16.1. The van der Waals surface area contributed by atoms with E-state index >= 15 is 0 Å². The minimum atomic E-state index is -0.359. The van der Waals surface area contributed by atoms with Crippen LogP contribution in [0.5, 0.6) is 0 Å². The fourth-order valence-corrected chi connectivity index (χ4v) is 3.86. The van der Waals surface area contributed by atoms with Crippen molar-refractivity contribution < 1.29 is 4.92 Å². The van der Waals surface area contributed by atoms with Crippen molar-refractivity contribution in [1.29, 1.82) is 0 Å². The first-order chi connectivity index (χ1) is 14.5. The zero-order valence-corrected chi connectivity index (χ0v) is 16.9. The van der Waals surface area contributed by atoms with Crippen LogP contribution in [0.3, 0.4) is 0 Å². The van der Waals surface area contributed by atoms with E-state index in [1.54, 1.807) is 30.5 Å². The van der Waals surface area contributed by atoms with Crippen LogP contribution in [0.2, 0.25) is 5.02 Å². The van der Waals surface area contributed by atoms with Crippen LogP contribution in [-0.4, -0.2) is 45.8 Å². The molecule has 1 aliphatic heterocycles. The van der Waals surface area contributed by atoms with Gasteiger partial charge in [0.2, 0.25) is 0 Å². The third kappa shape index (κ3) is 4.05. The maximum Gasteiger partial charge on any atom is 0.292 e. The maximum absolute atomic E-state index is 12.7. The van der Waals surface area contributed by atoms with Crippen LogP contribution in [0, 0.1) is 10.1 Å². The molecule has 0 aliphatic carbocycles. The molecule has 0 saturated carbocycles. The lowest BCUT2D eigenvalue weighted by atomic mass is 10.1. The Morgan fingerprint density at radius 1 is 1.00 bits per heavy atom. The summed E-state index contributed by atoms with van der Waals surface area (Å²) < 4.78 is 1.29. The van der Waals surface area contributed by atoms with Gasteiger partial charge in [0.05, 0.1) is 22.5 Å². The molecule has 3 aromatic rings. The Balaban J connectivity index is 1.47. The normalized spacial score (nSPS) is 14.6. The van der Waals surface area contributed by atoms with Gasteiger partial charge in [-0.15, -0.1) is 0 Å². The molecule has 8 nitrogen and oxygen atoms in total. The molecule has 0 spiro atoms. The van der Waals surface area contributed by atoms with Gasteiger partial charge in [-0.2, -0.15) is 9.78 Å². The third-order valence-electron chi connectivity index (χ3n) is 5.20. The minimum Gasteiger partial charge on any atom is -0.366 e. The van der Waals surface area contributed by atoms with E-state index in [-0.39, 0.29) is 21.2 Å². The molecule has 1 saturated heterocycles. The second-order valence-electron chi connectivity index (χ2n) is 7.05. The van der Waals surface area contributed by atoms with Gasteiger partial charge in [0.1, 0.15) is 5.02 Å². The van der Waals surface area contributed by atoms with Crippen LogP contribution in [-0.2, 0) is 6.54 Å². The summed E-state index contributed by atoms with van der Waals surface area (Å²) >= 11 is 6.40. The van der Waals surface area contributed by atoms with E-state index in [1.807, 2.05) is 29.2 Å². The molecule has 30 heavy (non-hydrogen) atoms. The van der Waals surface area contributed by atoms with Crippen LogP contribution in [0.1, 0.15) is 5.56 Å². The Hall–Kier alpha value is -3.23. The molecule has 1 aliphatic rings. The maximum atomic E-state index is 12.7. The summed E-state index contributed by atoms with van der Waals surface area (Å²) in [7, 11) is 0. The van der Waals surface area contributed by atoms with Crippen molar-refractivity contribution in [3.63, 3.8) is 0 Å². The number of nitro benzene ring substituents is 1. The molecule has 2 heterocycles. The van der Waals surface area contributed by atoms with E-state index in [4.69, 9.17) is 11.6 Å². The number of rotatable bonds is 5. The summed E-state index contributed by atoms with van der Waals surface area (Å²) in [6.07, 6.45) is 1.62. The lowest BCUT2D eigenvalue weighted by Crippen LogP contribution is -2.46. The Morgan fingerprint density at radius 3 is 2.37 bits per heavy atom. The summed E-state index contributed by atoms with van der Waals surface area (Å²) in [6, 6.07) is 15.9. The second kappa shape index (κ2) is 8.64. The summed E-state index contributed by atoms with van der Waals surface area (Å²) in [5.41, 5.74) is 1.74. The van der Waals surface area contributed by atoms with Gasteiger partial charge in [0.15, 0.2) is 0 Å². The first-order valence-electron chi connectivity index (χ1n) is 9.57. The molecule has 0 amide bonds. The van der Waals surface area contributed by atoms with Crippen molar-refractivity contribution in [1.82, 2.24) is 14.7 Å². The smallest absolute Gasteiger partial charge is 0.292 e. The number of para-hydroxylation sites is 2. The van der Waals surface area contributed by atoms with Crippen molar-refractivity contribution in [3.8, 4) is 5.69 Å². The number of anilines is 1. The topological polar surface area (TPSA) is 84.5 Å². The standard InChI is InChI=1S/C21H20ClN5O3/c22-20-19(14-23-26(21(20)28)17-7-2-1-3-8-17)25-12-10-24(11-13-25)15-16-6-4-5-9-18(16)27(29)30/h1-9,14H,10-13,15H2. The summed E-state index contributed by atoms with van der Waals surface area (Å²) in [6.45, 7) is 3.20. The van der Waals surface area contributed by atoms with Gasteiger partial charge in [0.25, 0.3) is 11.2 Å². The van der Waals surface area contributed by atoms with Gasteiger partial charge in [0, 0.05) is 44.4 Å². The number of piperazine rings is 1. The van der Waals surface area contributed by atoms with Gasteiger partial charge in [-0.3, -0.25) is 19.8 Å². The van der Waals surface area contributed by atoms with E-state index < -0.39 is 0 Å². The number of aromatic nitrogens is 2. The van der Waals surface area contributed by atoms with Crippen molar-refractivity contribution in [2.45, 2.75) is 6.54 Å². The van der Waals surface area contributed by atoms with Crippen molar-refractivity contribution in [3.05, 3.63) is 91.8 Å². The lowest BCUT2D eigenvalue weighted by molar-refractivity contribution is -0.385. The van der Waals surface area contributed by atoms with Gasteiger partial charge in [-0.25, -0.2) is 0 Å². The van der Waals surface area contributed by atoms with Crippen LogP contribution in [0.15, 0.2) is 65.6 Å². The summed E-state index contributed by atoms with van der Waals surface area (Å²) in [5.74, 6) is 0. The molecular weight excluding hydrogens is 406 g/mol. The van der Waals surface area contributed by atoms with E-state index in [9.17, 15) is 14.9 Å². The molecule has 4 rings (SSSR count). The summed E-state index contributed by atoms with van der Waals surface area (Å²) in [4.78, 5) is 27.8. The number of benzene rings is 2. The molecule has 0 unspecified atom stereocenters. The fourth-order valence-electron chi connectivity index (χ4n) is 3.61. The lowest BCUT2D eigenvalue weighted by Gasteiger charge is -2.36. The Morgan fingerprint density at radius 2 is 1.67 bits per heavy atom. The predicted molar refractivity (Wildman–Crippen MR) is 115 cm³/mol. The Kier molecular flexibility index (Phi) is 5.78. The molecule has 154 valence electrons. The van der Waals surface area contributed by atoms with E-state index in [0.717, 1.165) is 0 Å². The number of halogens is 1. The molecular formula is C21H20ClN5O3. The molecule has 1 fully saturated rings. The van der Waals surface area contributed by atoms with Crippen molar-refractivity contribution in [2.24, 2.45) is 0 Å². The highest BCUT2D eigenvalue weighted by molar-refractivity contribution is 6.33. The first-order valence-corrected chi connectivity index (χ1v) is 9.95. The van der Waals surface area contributed by atoms with Crippen LogP contribution in [0.25, 0.3) is 5.69 Å². The average molecular weight is 426 g/mol. The Labute approximate surface area is 178 Å². The highest BCUT2D eigenvalue weighted by Gasteiger charge is 2.23. The highest BCUT2D eigenvalue weighted by atomic mass is 35.5. The monoisotopic (exact) mass is 425 g/mol. The van der Waals surface area contributed by atoms with Crippen LogP contribution in [0.4, 0.5) is 11.4 Å². The number of nitro groups is 1. The quantitative estimate of drug-likeness (QED) is 0.461. The summed E-state index contributed by atoms with van der Waals surface area (Å²) in [5, 5.41) is 15.7. The molecule has 0 radical (unpaired) electrons. The SMILES string of the molecule is O=c1c(Cl)c(N2CCN(Cc3ccccc3[N+](=O)[O-])CC2)cnn1-c1ccccc1. The van der Waals surface area contributed by atoms with E-state index in [2.05, 4.69) is 10.00 Å². The Bertz CT molecular complexity index is 1110. The molecule has 0 bridgehead atoms.